The van der Waals surface area contributed by atoms with Crippen LogP contribution in [0.1, 0.15) is 22.3 Å². The first-order chi connectivity index (χ1) is 15.4. The van der Waals surface area contributed by atoms with Gasteiger partial charge in [-0.25, -0.2) is 8.42 Å². The topological polar surface area (TPSA) is 84.9 Å². The molecule has 1 N–H and O–H groups in total. The van der Waals surface area contributed by atoms with Crippen molar-refractivity contribution in [2.24, 2.45) is 0 Å². The highest BCUT2D eigenvalue weighted by Crippen LogP contribution is 2.33. The summed E-state index contributed by atoms with van der Waals surface area (Å²) in [6.07, 6.45) is 1.56. The number of nitrogens with zero attached hydrogens (tertiary/aromatic N) is 1. The second-order valence-electron chi connectivity index (χ2n) is 7.39. The lowest BCUT2D eigenvalue weighted by Gasteiger charge is -2.30. The Labute approximate surface area is 187 Å². The summed E-state index contributed by atoms with van der Waals surface area (Å²) < 4.78 is 39.0. The molecule has 4 rings (SSSR count). The van der Waals surface area contributed by atoms with Crippen molar-refractivity contribution in [3.8, 4) is 11.5 Å². The molecule has 1 heterocycles. The number of methoxy groups -OCH3 is 2. The number of benzene rings is 3. The average Bonchev–Trinajstić information content (AvgIpc) is 2.82. The lowest BCUT2D eigenvalue weighted by molar-refractivity contribution is 0.0985. The fourth-order valence-electron chi connectivity index (χ4n) is 3.82. The predicted molar refractivity (Wildman–Crippen MR) is 123 cm³/mol. The van der Waals surface area contributed by atoms with Gasteiger partial charge in [-0.15, -0.1) is 0 Å². The van der Waals surface area contributed by atoms with E-state index in [0.29, 0.717) is 23.5 Å². The zero-order chi connectivity index (χ0) is 22.7. The van der Waals surface area contributed by atoms with Gasteiger partial charge in [0.15, 0.2) is 0 Å². The Morgan fingerprint density at radius 1 is 0.969 bits per heavy atom. The maximum absolute atomic E-state index is 13.0. The number of ether oxygens (including phenoxy) is 2. The van der Waals surface area contributed by atoms with Gasteiger partial charge in [-0.2, -0.15) is 0 Å². The van der Waals surface area contributed by atoms with Gasteiger partial charge in [0, 0.05) is 29.5 Å². The molecule has 8 heteroatoms. The lowest BCUT2D eigenvalue weighted by Crippen LogP contribution is -2.35. The molecular weight excluding hydrogens is 428 g/mol. The summed E-state index contributed by atoms with van der Waals surface area (Å²) in [4.78, 5) is 14.7. The van der Waals surface area contributed by atoms with Gasteiger partial charge in [0.05, 0.1) is 14.2 Å². The molecule has 1 aliphatic heterocycles. The first-order valence-corrected chi connectivity index (χ1v) is 11.7. The van der Waals surface area contributed by atoms with Crippen LogP contribution in [0.3, 0.4) is 0 Å². The first kappa shape index (κ1) is 21.7. The standard InChI is InChI=1S/C24H24N2O5S/c1-30-20-11-13-23(22(16-20)31-2)32(28,29)25-19-10-12-21-18(15-19)9-6-14-26(21)24(27)17-7-4-3-5-8-17/h3-5,7-8,10-13,15-16,25H,6,9,14H2,1-2H3. The third kappa shape index (κ3) is 4.27. The molecule has 0 saturated carbocycles. The molecule has 3 aromatic rings. The number of amides is 1. The zero-order valence-electron chi connectivity index (χ0n) is 17.9. The molecule has 1 amide bonds. The molecule has 1 aliphatic rings. The number of hydrogen-bond acceptors (Lipinski definition) is 5. The molecule has 0 unspecified atom stereocenters. The molecule has 0 aromatic heterocycles. The van der Waals surface area contributed by atoms with Crippen LogP contribution in [0, 0.1) is 0 Å². The van der Waals surface area contributed by atoms with Crippen LogP contribution in [0.4, 0.5) is 11.4 Å². The van der Waals surface area contributed by atoms with Gasteiger partial charge in [0.2, 0.25) is 0 Å². The Kier molecular flexibility index (Phi) is 6.05. The van der Waals surface area contributed by atoms with Gasteiger partial charge >= 0.3 is 0 Å². The summed E-state index contributed by atoms with van der Waals surface area (Å²) in [6, 6.07) is 18.9. The molecule has 0 aliphatic carbocycles. The Morgan fingerprint density at radius 3 is 2.47 bits per heavy atom. The summed E-state index contributed by atoms with van der Waals surface area (Å²) in [7, 11) is -0.984. The number of hydrogen-bond donors (Lipinski definition) is 1. The van der Waals surface area contributed by atoms with Crippen LogP contribution < -0.4 is 19.1 Å². The van der Waals surface area contributed by atoms with Crippen molar-refractivity contribution < 1.29 is 22.7 Å². The molecule has 0 bridgehead atoms. The lowest BCUT2D eigenvalue weighted by atomic mass is 10.00. The molecule has 0 radical (unpaired) electrons. The number of carbonyl (C=O) groups is 1. The number of nitrogens with one attached hydrogen (secondary N) is 1. The largest absolute Gasteiger partial charge is 0.497 e. The van der Waals surface area contributed by atoms with Crippen LogP contribution in [0.5, 0.6) is 11.5 Å². The van der Waals surface area contributed by atoms with E-state index in [2.05, 4.69) is 4.72 Å². The Morgan fingerprint density at radius 2 is 1.75 bits per heavy atom. The fraction of sp³-hybridized carbons (Fsp3) is 0.208. The molecule has 0 atom stereocenters. The highest BCUT2D eigenvalue weighted by molar-refractivity contribution is 7.92. The number of anilines is 2. The minimum absolute atomic E-state index is 0.0133. The number of rotatable bonds is 6. The minimum atomic E-state index is -3.89. The molecule has 0 fully saturated rings. The molecule has 32 heavy (non-hydrogen) atoms. The van der Waals surface area contributed by atoms with Gasteiger partial charge in [-0.3, -0.25) is 9.52 Å². The summed E-state index contributed by atoms with van der Waals surface area (Å²) >= 11 is 0. The summed E-state index contributed by atoms with van der Waals surface area (Å²) in [6.45, 7) is 0.620. The van der Waals surface area contributed by atoms with Gasteiger partial charge in [-0.05, 0) is 60.9 Å². The minimum Gasteiger partial charge on any atom is -0.497 e. The number of sulfonamides is 1. The highest BCUT2D eigenvalue weighted by atomic mass is 32.2. The van der Waals surface area contributed by atoms with Crippen molar-refractivity contribution in [2.45, 2.75) is 17.7 Å². The van der Waals surface area contributed by atoms with Crippen molar-refractivity contribution in [1.29, 1.82) is 0 Å². The monoisotopic (exact) mass is 452 g/mol. The van der Waals surface area contributed by atoms with E-state index in [1.54, 1.807) is 41.3 Å². The van der Waals surface area contributed by atoms with E-state index in [4.69, 9.17) is 9.47 Å². The molecule has 0 saturated heterocycles. The van der Waals surface area contributed by atoms with Crippen molar-refractivity contribution in [3.05, 3.63) is 77.9 Å². The number of carbonyl (C=O) groups excluding carboxylic acids is 1. The van der Waals surface area contributed by atoms with Gasteiger partial charge in [-0.1, -0.05) is 18.2 Å². The van der Waals surface area contributed by atoms with Crippen LogP contribution in [0.2, 0.25) is 0 Å². The summed E-state index contributed by atoms with van der Waals surface area (Å²) in [5, 5.41) is 0. The Hall–Kier alpha value is -3.52. The highest BCUT2D eigenvalue weighted by Gasteiger charge is 2.25. The van der Waals surface area contributed by atoms with E-state index >= 15 is 0 Å². The molecule has 166 valence electrons. The Bertz CT molecular complexity index is 1240. The second kappa shape index (κ2) is 8.92. The first-order valence-electron chi connectivity index (χ1n) is 10.2. The molecule has 7 nitrogen and oxygen atoms in total. The van der Waals surface area contributed by atoms with E-state index in [-0.39, 0.29) is 16.6 Å². The Balaban J connectivity index is 1.61. The van der Waals surface area contributed by atoms with E-state index < -0.39 is 10.0 Å². The summed E-state index contributed by atoms with van der Waals surface area (Å²) in [5.41, 5.74) is 2.77. The van der Waals surface area contributed by atoms with Crippen LogP contribution in [0.25, 0.3) is 0 Å². The van der Waals surface area contributed by atoms with Crippen molar-refractivity contribution >= 4 is 27.3 Å². The van der Waals surface area contributed by atoms with Crippen LogP contribution in [0.15, 0.2) is 71.6 Å². The van der Waals surface area contributed by atoms with Gasteiger partial charge < -0.3 is 14.4 Å². The zero-order valence-corrected chi connectivity index (χ0v) is 18.7. The van der Waals surface area contributed by atoms with Crippen LogP contribution in [-0.2, 0) is 16.4 Å². The van der Waals surface area contributed by atoms with E-state index in [1.165, 1.54) is 26.4 Å². The average molecular weight is 453 g/mol. The number of fused-ring (bicyclic) bond motifs is 1. The fourth-order valence-corrected chi connectivity index (χ4v) is 5.02. The SMILES string of the molecule is COc1ccc(S(=O)(=O)Nc2ccc3c(c2)CCCN3C(=O)c2ccccc2)c(OC)c1. The van der Waals surface area contributed by atoms with Crippen LogP contribution in [-0.4, -0.2) is 35.1 Å². The van der Waals surface area contributed by atoms with Crippen molar-refractivity contribution in [2.75, 3.05) is 30.4 Å². The van der Waals surface area contributed by atoms with Crippen molar-refractivity contribution in [1.82, 2.24) is 0 Å². The predicted octanol–water partition coefficient (Wildman–Crippen LogP) is 4.10. The third-order valence-corrected chi connectivity index (χ3v) is 6.80. The second-order valence-corrected chi connectivity index (χ2v) is 9.04. The number of aryl methyl sites for hydroxylation is 1. The summed E-state index contributed by atoms with van der Waals surface area (Å²) in [5.74, 6) is 0.620. The van der Waals surface area contributed by atoms with Gasteiger partial charge in [0.25, 0.3) is 15.9 Å². The quantitative estimate of drug-likeness (QED) is 0.609. The van der Waals surface area contributed by atoms with Crippen molar-refractivity contribution in [3.63, 3.8) is 0 Å². The van der Waals surface area contributed by atoms with E-state index in [1.807, 2.05) is 18.2 Å². The third-order valence-electron chi connectivity index (χ3n) is 5.38. The van der Waals surface area contributed by atoms with E-state index in [9.17, 15) is 13.2 Å². The van der Waals surface area contributed by atoms with Gasteiger partial charge in [0.1, 0.15) is 16.4 Å². The maximum Gasteiger partial charge on any atom is 0.265 e. The van der Waals surface area contributed by atoms with Crippen LogP contribution >= 0.6 is 0 Å². The maximum atomic E-state index is 13.0. The molecule has 3 aromatic carbocycles. The smallest absolute Gasteiger partial charge is 0.265 e. The van der Waals surface area contributed by atoms with E-state index in [0.717, 1.165) is 24.1 Å². The normalized spacial score (nSPS) is 13.2. The molecule has 0 spiro atoms. The molecular formula is C24H24N2O5S.